The molecule has 22 heavy (non-hydrogen) atoms. The van der Waals surface area contributed by atoms with Crippen LogP contribution in [0.1, 0.15) is 32.1 Å². The smallest absolute Gasteiger partial charge is 0.319 e. The van der Waals surface area contributed by atoms with Crippen molar-refractivity contribution in [2.45, 2.75) is 32.1 Å². The second kappa shape index (κ2) is 9.70. The molecule has 2 rings (SSSR count). The molecule has 0 aliphatic carbocycles. The Kier molecular flexibility index (Phi) is 7.54. The molecule has 2 amide bonds. The average Bonchev–Trinajstić information content (AvgIpc) is 2.54. The number of nitrogens with zero attached hydrogens (tertiary/aromatic N) is 1. The Morgan fingerprint density at radius 1 is 1.09 bits per heavy atom. The lowest BCUT2D eigenvalue weighted by Crippen LogP contribution is -2.31. The monoisotopic (exact) mass is 322 g/mol. The van der Waals surface area contributed by atoms with Crippen molar-refractivity contribution in [2.24, 2.45) is 0 Å². The van der Waals surface area contributed by atoms with Crippen LogP contribution in [0.15, 0.2) is 24.3 Å². The lowest BCUT2D eigenvalue weighted by molar-refractivity contribution is 0.246. The molecule has 0 bridgehead atoms. The van der Waals surface area contributed by atoms with Gasteiger partial charge in [0.05, 0.1) is 0 Å². The van der Waals surface area contributed by atoms with E-state index in [1.165, 1.54) is 38.9 Å². The van der Waals surface area contributed by atoms with Gasteiger partial charge < -0.3 is 15.5 Å². The largest absolute Gasteiger partial charge is 0.338 e. The van der Waals surface area contributed by atoms with Crippen LogP contribution in [0.2, 0.25) is 5.02 Å². The molecule has 4 nitrogen and oxygen atoms in total. The Labute approximate surface area is 138 Å². The summed E-state index contributed by atoms with van der Waals surface area (Å²) in [5, 5.41) is 6.34. The number of benzene rings is 1. The minimum atomic E-state index is -0.158. The molecular formula is C17H25ClN3O. The first-order valence-electron chi connectivity index (χ1n) is 8.08. The Hall–Kier alpha value is -1.26. The number of piperidine rings is 1. The number of amides is 2. The molecule has 0 aromatic heterocycles. The molecule has 0 saturated carbocycles. The molecule has 5 heteroatoms. The van der Waals surface area contributed by atoms with Crippen molar-refractivity contribution in [1.29, 1.82) is 0 Å². The molecule has 2 N–H and O–H groups in total. The van der Waals surface area contributed by atoms with Gasteiger partial charge in [-0.15, -0.1) is 0 Å². The summed E-state index contributed by atoms with van der Waals surface area (Å²) in [4.78, 5) is 14.2. The zero-order valence-electron chi connectivity index (χ0n) is 13.0. The molecule has 121 valence electrons. The van der Waals surface area contributed by atoms with E-state index in [0.29, 0.717) is 11.6 Å². The van der Waals surface area contributed by atoms with Gasteiger partial charge in [-0.25, -0.2) is 4.79 Å². The SMILES string of the molecule is O=C(NCCCCCN1CC[CH]CC1)Nc1ccc(Cl)cc1. The third kappa shape index (κ3) is 6.67. The van der Waals surface area contributed by atoms with Gasteiger partial charge in [-0.1, -0.05) is 18.0 Å². The molecule has 1 aliphatic rings. The lowest BCUT2D eigenvalue weighted by atomic mass is 10.1. The summed E-state index contributed by atoms with van der Waals surface area (Å²) in [5.74, 6) is 0. The van der Waals surface area contributed by atoms with Crippen molar-refractivity contribution >= 4 is 23.3 Å². The fraction of sp³-hybridized carbons (Fsp3) is 0.529. The summed E-state index contributed by atoms with van der Waals surface area (Å²) in [7, 11) is 0. The van der Waals surface area contributed by atoms with Gasteiger partial charge in [0.1, 0.15) is 0 Å². The van der Waals surface area contributed by atoms with Crippen LogP contribution >= 0.6 is 11.6 Å². The summed E-state index contributed by atoms with van der Waals surface area (Å²) >= 11 is 5.80. The van der Waals surface area contributed by atoms with Crippen molar-refractivity contribution in [3.05, 3.63) is 35.7 Å². The van der Waals surface area contributed by atoms with Crippen LogP contribution in [0.4, 0.5) is 10.5 Å². The third-order valence-corrected chi connectivity index (χ3v) is 4.09. The fourth-order valence-electron chi connectivity index (χ4n) is 2.58. The average molecular weight is 323 g/mol. The van der Waals surface area contributed by atoms with Crippen molar-refractivity contribution in [3.63, 3.8) is 0 Å². The number of hydrogen-bond acceptors (Lipinski definition) is 2. The van der Waals surface area contributed by atoms with Gasteiger partial charge in [0.2, 0.25) is 0 Å². The summed E-state index contributed by atoms with van der Waals surface area (Å²) < 4.78 is 0. The Bertz CT molecular complexity index is 444. The van der Waals surface area contributed by atoms with Crippen molar-refractivity contribution in [2.75, 3.05) is 31.5 Å². The molecule has 1 heterocycles. The van der Waals surface area contributed by atoms with E-state index in [2.05, 4.69) is 22.0 Å². The number of nitrogens with one attached hydrogen (secondary N) is 2. The number of halogens is 1. The van der Waals surface area contributed by atoms with Gasteiger partial charge in [-0.3, -0.25) is 0 Å². The number of carbonyl (C=O) groups is 1. The normalized spacial score (nSPS) is 15.5. The number of hydrogen-bond donors (Lipinski definition) is 2. The standard InChI is InChI=1S/C17H25ClN3O/c18-15-7-9-16(10-8-15)20-17(22)19-11-3-1-4-12-21-13-5-2-6-14-21/h2,7-10H,1,3-6,11-14H2,(H2,19,20,22). The van der Waals surface area contributed by atoms with E-state index in [0.717, 1.165) is 18.5 Å². The maximum absolute atomic E-state index is 11.7. The molecule has 0 spiro atoms. The van der Waals surface area contributed by atoms with Crippen molar-refractivity contribution in [3.8, 4) is 0 Å². The van der Waals surface area contributed by atoms with Crippen LogP contribution in [0.5, 0.6) is 0 Å². The minimum Gasteiger partial charge on any atom is -0.338 e. The molecule has 1 radical (unpaired) electrons. The zero-order valence-corrected chi connectivity index (χ0v) is 13.7. The predicted octanol–water partition coefficient (Wildman–Crippen LogP) is 3.93. The summed E-state index contributed by atoms with van der Waals surface area (Å²) in [5.41, 5.74) is 0.754. The van der Waals surface area contributed by atoms with E-state index in [9.17, 15) is 4.79 Å². The van der Waals surface area contributed by atoms with Crippen LogP contribution in [-0.4, -0.2) is 37.1 Å². The molecule has 1 fully saturated rings. The van der Waals surface area contributed by atoms with Crippen LogP contribution < -0.4 is 10.6 Å². The van der Waals surface area contributed by atoms with E-state index >= 15 is 0 Å². The maximum atomic E-state index is 11.7. The van der Waals surface area contributed by atoms with Crippen LogP contribution in [0.25, 0.3) is 0 Å². The zero-order chi connectivity index (χ0) is 15.6. The number of carbonyl (C=O) groups excluding carboxylic acids is 1. The second-order valence-corrected chi connectivity index (χ2v) is 6.09. The van der Waals surface area contributed by atoms with E-state index in [-0.39, 0.29) is 6.03 Å². The van der Waals surface area contributed by atoms with E-state index in [1.54, 1.807) is 24.3 Å². The highest BCUT2D eigenvalue weighted by Gasteiger charge is 2.09. The highest BCUT2D eigenvalue weighted by atomic mass is 35.5. The molecule has 1 aliphatic heterocycles. The van der Waals surface area contributed by atoms with Gasteiger partial charge in [-0.05, 0) is 76.0 Å². The minimum absolute atomic E-state index is 0.158. The first kappa shape index (κ1) is 17.1. The molecule has 1 saturated heterocycles. The van der Waals surface area contributed by atoms with Gasteiger partial charge in [0, 0.05) is 17.3 Å². The molecule has 0 unspecified atom stereocenters. The first-order chi connectivity index (χ1) is 10.7. The summed E-state index contributed by atoms with van der Waals surface area (Å²) in [6.07, 6.45) is 8.22. The maximum Gasteiger partial charge on any atom is 0.319 e. The van der Waals surface area contributed by atoms with Gasteiger partial charge >= 0.3 is 6.03 Å². The molecule has 0 atom stereocenters. The predicted molar refractivity (Wildman–Crippen MR) is 92.3 cm³/mol. The number of likely N-dealkylation sites (tertiary alicyclic amines) is 1. The fourth-order valence-corrected chi connectivity index (χ4v) is 2.70. The van der Waals surface area contributed by atoms with E-state index < -0.39 is 0 Å². The third-order valence-electron chi connectivity index (χ3n) is 3.84. The van der Waals surface area contributed by atoms with Gasteiger partial charge in [-0.2, -0.15) is 0 Å². The van der Waals surface area contributed by atoms with Gasteiger partial charge in [0.15, 0.2) is 0 Å². The van der Waals surface area contributed by atoms with Crippen LogP contribution in [-0.2, 0) is 0 Å². The number of unbranched alkanes of at least 4 members (excludes halogenated alkanes) is 2. The number of urea groups is 1. The topological polar surface area (TPSA) is 44.4 Å². The molecule has 1 aromatic carbocycles. The van der Waals surface area contributed by atoms with Crippen LogP contribution in [0, 0.1) is 6.42 Å². The van der Waals surface area contributed by atoms with Crippen LogP contribution in [0.3, 0.4) is 0 Å². The Balaban J connectivity index is 1.49. The van der Waals surface area contributed by atoms with E-state index in [4.69, 9.17) is 11.6 Å². The second-order valence-electron chi connectivity index (χ2n) is 5.66. The number of anilines is 1. The van der Waals surface area contributed by atoms with E-state index in [1.807, 2.05) is 0 Å². The summed E-state index contributed by atoms with van der Waals surface area (Å²) in [6.45, 7) is 4.32. The lowest BCUT2D eigenvalue weighted by Gasteiger charge is -2.26. The highest BCUT2D eigenvalue weighted by molar-refractivity contribution is 6.30. The quantitative estimate of drug-likeness (QED) is 0.747. The van der Waals surface area contributed by atoms with Crippen molar-refractivity contribution < 1.29 is 4.79 Å². The molecular weight excluding hydrogens is 298 g/mol. The van der Waals surface area contributed by atoms with Crippen molar-refractivity contribution in [1.82, 2.24) is 10.2 Å². The summed E-state index contributed by atoms with van der Waals surface area (Å²) in [6, 6.07) is 6.94. The molecule has 1 aromatic rings. The Morgan fingerprint density at radius 3 is 2.55 bits per heavy atom. The van der Waals surface area contributed by atoms with Gasteiger partial charge in [0.25, 0.3) is 0 Å². The first-order valence-corrected chi connectivity index (χ1v) is 8.46. The Morgan fingerprint density at radius 2 is 1.82 bits per heavy atom. The highest BCUT2D eigenvalue weighted by Crippen LogP contribution is 2.13. The number of rotatable bonds is 7.